The van der Waals surface area contributed by atoms with E-state index in [4.69, 9.17) is 9.47 Å². The number of allylic oxidation sites excluding steroid dienone is 8. The van der Waals surface area contributed by atoms with Crippen molar-refractivity contribution in [3.63, 3.8) is 0 Å². The van der Waals surface area contributed by atoms with Crippen molar-refractivity contribution in [1.82, 2.24) is 0 Å². The molecule has 0 aliphatic carbocycles. The largest absolute Gasteiger partial charge is 0.463 e. The number of rotatable bonds is 33. The number of carbonyl (C=O) groups excluding carboxylic acids is 3. The summed E-state index contributed by atoms with van der Waals surface area (Å²) in [6.07, 6.45) is 40.2. The zero-order chi connectivity index (χ0) is 33.8. The molecule has 0 bridgehead atoms. The topological polar surface area (TPSA) is 89.9 Å². The smallest absolute Gasteiger partial charge is 0.305 e. The lowest BCUT2D eigenvalue weighted by molar-refractivity contribution is -0.152. The number of hydrogen-bond acceptors (Lipinski definition) is 6. The van der Waals surface area contributed by atoms with Crippen molar-refractivity contribution >= 4 is 17.7 Å². The number of carbonyl (C=O) groups is 3. The van der Waals surface area contributed by atoms with Gasteiger partial charge in [-0.2, -0.15) is 0 Å². The van der Waals surface area contributed by atoms with E-state index in [1.54, 1.807) is 6.08 Å². The number of aliphatic hydroxyl groups is 1. The summed E-state index contributed by atoms with van der Waals surface area (Å²) in [5.41, 5.74) is 0. The third kappa shape index (κ3) is 34.4. The molecule has 6 heteroatoms. The standard InChI is InChI=1S/C40H68O6/c1-3-5-7-9-11-13-15-17-19-21-23-25-27-29-33-39(43)45-35-38(42)36-46-40(44)34-30-32-37(41)31-28-26-24-22-20-18-16-14-12-10-8-6-4-2/h12,14,18,20,24,26,28,31,38,42H,3-11,13,15-17,19,21-23,25,27,29-30,32-36H2,1-2H3/b14-12-,20-18-,26-24-,31-28+/t38-/m0/s1. The molecular weight excluding hydrogens is 576 g/mol. The Balaban J connectivity index is 3.65. The molecule has 0 aromatic heterocycles. The molecule has 0 aromatic carbocycles. The molecule has 0 aliphatic heterocycles. The van der Waals surface area contributed by atoms with Crippen molar-refractivity contribution < 1.29 is 29.0 Å². The third-order valence-electron chi connectivity index (χ3n) is 7.79. The molecule has 0 rings (SSSR count). The Morgan fingerprint density at radius 3 is 1.54 bits per heavy atom. The van der Waals surface area contributed by atoms with Crippen molar-refractivity contribution in [2.24, 2.45) is 0 Å². The molecule has 1 N–H and O–H groups in total. The van der Waals surface area contributed by atoms with Crippen LogP contribution in [-0.2, 0) is 23.9 Å². The average molecular weight is 645 g/mol. The Morgan fingerprint density at radius 1 is 0.522 bits per heavy atom. The second kappa shape index (κ2) is 35.4. The van der Waals surface area contributed by atoms with Crippen molar-refractivity contribution in [3.05, 3.63) is 48.6 Å². The quantitative estimate of drug-likeness (QED) is 0.0251. The fraction of sp³-hybridized carbons (Fsp3) is 0.725. The first kappa shape index (κ1) is 43.5. The van der Waals surface area contributed by atoms with Gasteiger partial charge in [-0.15, -0.1) is 0 Å². The van der Waals surface area contributed by atoms with E-state index in [1.807, 2.05) is 12.2 Å². The van der Waals surface area contributed by atoms with Crippen LogP contribution in [0, 0.1) is 0 Å². The van der Waals surface area contributed by atoms with Gasteiger partial charge < -0.3 is 14.6 Å². The van der Waals surface area contributed by atoms with Crippen LogP contribution in [-0.4, -0.2) is 42.1 Å². The summed E-state index contributed by atoms with van der Waals surface area (Å²) in [5.74, 6) is -0.859. The van der Waals surface area contributed by atoms with Crippen LogP contribution in [0.25, 0.3) is 0 Å². The lowest BCUT2D eigenvalue weighted by Gasteiger charge is -2.12. The minimum Gasteiger partial charge on any atom is -0.463 e. The Bertz CT molecular complexity index is 841. The monoisotopic (exact) mass is 645 g/mol. The van der Waals surface area contributed by atoms with Crippen LogP contribution in [0.5, 0.6) is 0 Å². The Hall–Kier alpha value is -2.47. The van der Waals surface area contributed by atoms with Gasteiger partial charge in [-0.25, -0.2) is 0 Å². The first-order valence-corrected chi connectivity index (χ1v) is 18.6. The molecule has 0 aromatic rings. The zero-order valence-electron chi connectivity index (χ0n) is 29.6. The molecule has 0 unspecified atom stereocenters. The van der Waals surface area contributed by atoms with Gasteiger partial charge in [0.25, 0.3) is 0 Å². The zero-order valence-corrected chi connectivity index (χ0v) is 29.6. The molecular formula is C40H68O6. The SMILES string of the molecule is CCCCC/C=C\C/C=C\C/C=C\C=C\C(=O)CCCC(=O)OC[C@@H](O)COC(=O)CCCCCCCCCCCCCCCC. The highest BCUT2D eigenvalue weighted by molar-refractivity contribution is 5.90. The van der Waals surface area contributed by atoms with Gasteiger partial charge >= 0.3 is 11.9 Å². The number of ketones is 1. The second-order valence-electron chi connectivity index (χ2n) is 12.4. The fourth-order valence-corrected chi connectivity index (χ4v) is 4.92. The predicted octanol–water partition coefficient (Wildman–Crippen LogP) is 10.6. The van der Waals surface area contributed by atoms with E-state index in [9.17, 15) is 19.5 Å². The lowest BCUT2D eigenvalue weighted by atomic mass is 10.0. The van der Waals surface area contributed by atoms with Crippen LogP contribution in [0.2, 0.25) is 0 Å². The van der Waals surface area contributed by atoms with Crippen LogP contribution in [0.4, 0.5) is 0 Å². The van der Waals surface area contributed by atoms with Crippen LogP contribution in [0.1, 0.15) is 168 Å². The summed E-state index contributed by atoms with van der Waals surface area (Å²) in [6, 6.07) is 0. The maximum atomic E-state index is 12.0. The Labute approximate surface area is 282 Å². The summed E-state index contributed by atoms with van der Waals surface area (Å²) in [6.45, 7) is 4.05. The van der Waals surface area contributed by atoms with Gasteiger partial charge in [-0.1, -0.05) is 153 Å². The minimum atomic E-state index is -1.05. The third-order valence-corrected chi connectivity index (χ3v) is 7.79. The molecule has 264 valence electrons. The molecule has 0 fully saturated rings. The first-order chi connectivity index (χ1) is 22.5. The minimum absolute atomic E-state index is 0.0491. The maximum absolute atomic E-state index is 12.0. The van der Waals surface area contributed by atoms with E-state index in [0.717, 1.165) is 38.5 Å². The van der Waals surface area contributed by atoms with Gasteiger partial charge in [0.15, 0.2) is 5.78 Å². The van der Waals surface area contributed by atoms with E-state index in [1.165, 1.54) is 96.0 Å². The summed E-state index contributed by atoms with van der Waals surface area (Å²) >= 11 is 0. The van der Waals surface area contributed by atoms with Crippen LogP contribution in [0.15, 0.2) is 48.6 Å². The van der Waals surface area contributed by atoms with E-state index < -0.39 is 12.1 Å². The van der Waals surface area contributed by atoms with Crippen LogP contribution < -0.4 is 0 Å². The van der Waals surface area contributed by atoms with E-state index in [-0.39, 0.29) is 37.8 Å². The van der Waals surface area contributed by atoms with Gasteiger partial charge in [0.05, 0.1) is 0 Å². The molecule has 0 radical (unpaired) electrons. The first-order valence-electron chi connectivity index (χ1n) is 18.6. The van der Waals surface area contributed by atoms with E-state index in [0.29, 0.717) is 12.8 Å². The molecule has 0 saturated heterocycles. The molecule has 0 saturated carbocycles. The number of ether oxygens (including phenoxy) is 2. The lowest BCUT2D eigenvalue weighted by Crippen LogP contribution is -2.25. The summed E-state index contributed by atoms with van der Waals surface area (Å²) in [5, 5.41) is 9.97. The predicted molar refractivity (Wildman–Crippen MR) is 192 cm³/mol. The molecule has 0 aliphatic rings. The fourth-order valence-electron chi connectivity index (χ4n) is 4.92. The Morgan fingerprint density at radius 2 is 0.978 bits per heavy atom. The van der Waals surface area contributed by atoms with Gasteiger partial charge in [-0.05, 0) is 44.6 Å². The molecule has 46 heavy (non-hydrogen) atoms. The number of aliphatic hydroxyl groups excluding tert-OH is 1. The highest BCUT2D eigenvalue weighted by atomic mass is 16.6. The Kier molecular flexibility index (Phi) is 33.5. The second-order valence-corrected chi connectivity index (χ2v) is 12.4. The van der Waals surface area contributed by atoms with Gasteiger partial charge in [0.1, 0.15) is 19.3 Å². The van der Waals surface area contributed by atoms with Crippen LogP contribution in [0.3, 0.4) is 0 Å². The normalized spacial score (nSPS) is 12.6. The molecule has 1 atom stereocenters. The molecule has 0 heterocycles. The molecule has 6 nitrogen and oxygen atoms in total. The summed E-state index contributed by atoms with van der Waals surface area (Å²) < 4.78 is 10.2. The summed E-state index contributed by atoms with van der Waals surface area (Å²) in [4.78, 5) is 35.8. The highest BCUT2D eigenvalue weighted by Gasteiger charge is 2.12. The number of hydrogen-bond donors (Lipinski definition) is 1. The van der Waals surface area contributed by atoms with Gasteiger partial charge in [-0.3, -0.25) is 14.4 Å². The van der Waals surface area contributed by atoms with Crippen molar-refractivity contribution in [1.29, 1.82) is 0 Å². The van der Waals surface area contributed by atoms with Crippen molar-refractivity contribution in [3.8, 4) is 0 Å². The van der Waals surface area contributed by atoms with Crippen molar-refractivity contribution in [2.75, 3.05) is 13.2 Å². The van der Waals surface area contributed by atoms with Gasteiger partial charge in [0.2, 0.25) is 0 Å². The van der Waals surface area contributed by atoms with Crippen molar-refractivity contribution in [2.45, 2.75) is 174 Å². The highest BCUT2D eigenvalue weighted by Crippen LogP contribution is 2.13. The van der Waals surface area contributed by atoms with Crippen LogP contribution >= 0.6 is 0 Å². The van der Waals surface area contributed by atoms with E-state index in [2.05, 4.69) is 38.2 Å². The average Bonchev–Trinajstić information content (AvgIpc) is 3.05. The number of unbranched alkanes of at least 4 members (excludes halogenated alkanes) is 16. The molecule has 0 amide bonds. The maximum Gasteiger partial charge on any atom is 0.305 e. The summed E-state index contributed by atoms with van der Waals surface area (Å²) in [7, 11) is 0. The van der Waals surface area contributed by atoms with E-state index >= 15 is 0 Å². The molecule has 0 spiro atoms. The van der Waals surface area contributed by atoms with Gasteiger partial charge in [0, 0.05) is 19.3 Å². The number of esters is 2.